The van der Waals surface area contributed by atoms with Gasteiger partial charge in [0.2, 0.25) is 0 Å². The SMILES string of the molecule is Cl.O=C(O)C=Cc1ccc2ccccc2c1. The van der Waals surface area contributed by atoms with Crippen LogP contribution in [0.15, 0.2) is 48.5 Å². The second kappa shape index (κ2) is 5.33. The molecule has 0 unspecified atom stereocenters. The van der Waals surface area contributed by atoms with Gasteiger partial charge in [0, 0.05) is 6.08 Å². The molecule has 0 aromatic heterocycles. The molecule has 0 radical (unpaired) electrons. The number of carboxylic acid groups (broad SMARTS) is 1. The van der Waals surface area contributed by atoms with Crippen LogP contribution in [0, 0.1) is 0 Å². The zero-order valence-corrected chi connectivity index (χ0v) is 9.28. The summed E-state index contributed by atoms with van der Waals surface area (Å²) in [6.07, 6.45) is 2.74. The van der Waals surface area contributed by atoms with Gasteiger partial charge in [-0.25, -0.2) is 4.79 Å². The predicted octanol–water partition coefficient (Wildman–Crippen LogP) is 3.36. The highest BCUT2D eigenvalue weighted by atomic mass is 35.5. The van der Waals surface area contributed by atoms with Gasteiger partial charge in [-0.15, -0.1) is 12.4 Å². The summed E-state index contributed by atoms with van der Waals surface area (Å²) < 4.78 is 0. The number of hydrogen-bond acceptors (Lipinski definition) is 1. The Balaban J connectivity index is 0.00000128. The second-order valence-electron chi connectivity index (χ2n) is 3.28. The van der Waals surface area contributed by atoms with E-state index in [1.807, 2.05) is 42.5 Å². The minimum atomic E-state index is -0.928. The van der Waals surface area contributed by atoms with E-state index in [2.05, 4.69) is 0 Å². The summed E-state index contributed by atoms with van der Waals surface area (Å²) in [5.74, 6) is -0.928. The smallest absolute Gasteiger partial charge is 0.328 e. The molecule has 0 atom stereocenters. The predicted molar refractivity (Wildman–Crippen MR) is 67.9 cm³/mol. The average molecular weight is 235 g/mol. The lowest BCUT2D eigenvalue weighted by Crippen LogP contribution is -1.85. The van der Waals surface area contributed by atoms with Crippen molar-refractivity contribution < 1.29 is 9.90 Å². The van der Waals surface area contributed by atoms with Crippen molar-refractivity contribution in [2.75, 3.05) is 0 Å². The lowest BCUT2D eigenvalue weighted by atomic mass is 10.1. The maximum Gasteiger partial charge on any atom is 0.328 e. The number of hydrogen-bond donors (Lipinski definition) is 1. The van der Waals surface area contributed by atoms with E-state index in [4.69, 9.17) is 5.11 Å². The van der Waals surface area contributed by atoms with E-state index < -0.39 is 5.97 Å². The van der Waals surface area contributed by atoms with E-state index in [0.29, 0.717) is 0 Å². The first-order chi connectivity index (χ1) is 7.25. The Hall–Kier alpha value is -1.80. The van der Waals surface area contributed by atoms with Crippen LogP contribution in [0.25, 0.3) is 16.8 Å². The van der Waals surface area contributed by atoms with Crippen molar-refractivity contribution in [3.63, 3.8) is 0 Å². The van der Waals surface area contributed by atoms with Gasteiger partial charge in [0.15, 0.2) is 0 Å². The van der Waals surface area contributed by atoms with Gasteiger partial charge in [-0.1, -0.05) is 36.4 Å². The fraction of sp³-hybridized carbons (Fsp3) is 0. The minimum Gasteiger partial charge on any atom is -0.478 e. The van der Waals surface area contributed by atoms with Crippen LogP contribution in [0.2, 0.25) is 0 Å². The quantitative estimate of drug-likeness (QED) is 0.809. The molecule has 0 aliphatic rings. The molecule has 2 aromatic rings. The lowest BCUT2D eigenvalue weighted by Gasteiger charge is -1.98. The Bertz CT molecular complexity index is 532. The van der Waals surface area contributed by atoms with Crippen LogP contribution >= 0.6 is 12.4 Å². The van der Waals surface area contributed by atoms with Gasteiger partial charge in [-0.05, 0) is 28.5 Å². The van der Waals surface area contributed by atoms with Crippen LogP contribution in [0.3, 0.4) is 0 Å². The monoisotopic (exact) mass is 234 g/mol. The summed E-state index contributed by atoms with van der Waals surface area (Å²) in [5.41, 5.74) is 0.899. The zero-order valence-electron chi connectivity index (χ0n) is 8.46. The number of rotatable bonds is 2. The van der Waals surface area contributed by atoms with Gasteiger partial charge < -0.3 is 5.11 Å². The molecule has 0 amide bonds. The fourth-order valence-corrected chi connectivity index (χ4v) is 1.48. The second-order valence-corrected chi connectivity index (χ2v) is 3.28. The summed E-state index contributed by atoms with van der Waals surface area (Å²) in [7, 11) is 0. The average Bonchev–Trinajstić information content (AvgIpc) is 2.26. The highest BCUT2D eigenvalue weighted by Crippen LogP contribution is 2.16. The van der Waals surface area contributed by atoms with E-state index in [0.717, 1.165) is 22.4 Å². The Kier molecular flexibility index (Phi) is 4.09. The van der Waals surface area contributed by atoms with Crippen molar-refractivity contribution in [2.24, 2.45) is 0 Å². The maximum absolute atomic E-state index is 10.3. The summed E-state index contributed by atoms with van der Waals surface area (Å²) in [6, 6.07) is 13.8. The van der Waals surface area contributed by atoms with Crippen LogP contribution < -0.4 is 0 Å². The van der Waals surface area contributed by atoms with Crippen LogP contribution in [0.4, 0.5) is 0 Å². The molecule has 2 nitrogen and oxygen atoms in total. The molecule has 0 aliphatic heterocycles. The van der Waals surface area contributed by atoms with Crippen LogP contribution in [-0.2, 0) is 4.79 Å². The third-order valence-electron chi connectivity index (χ3n) is 2.19. The summed E-state index contributed by atoms with van der Waals surface area (Å²) in [4.78, 5) is 10.3. The fourth-order valence-electron chi connectivity index (χ4n) is 1.48. The molecule has 0 saturated heterocycles. The Morgan fingerprint density at radius 1 is 1.06 bits per heavy atom. The molecule has 0 spiro atoms. The molecule has 3 heteroatoms. The highest BCUT2D eigenvalue weighted by Gasteiger charge is 1.93. The maximum atomic E-state index is 10.3. The third-order valence-corrected chi connectivity index (χ3v) is 2.19. The molecule has 0 heterocycles. The van der Waals surface area contributed by atoms with Gasteiger partial charge >= 0.3 is 5.97 Å². The normalized spacial score (nSPS) is 10.2. The van der Waals surface area contributed by atoms with E-state index in [-0.39, 0.29) is 12.4 Å². The van der Waals surface area contributed by atoms with Gasteiger partial charge in [-0.2, -0.15) is 0 Å². The summed E-state index contributed by atoms with van der Waals surface area (Å²) in [5, 5.41) is 10.8. The molecule has 0 bridgehead atoms. The topological polar surface area (TPSA) is 37.3 Å². The molecule has 82 valence electrons. The standard InChI is InChI=1S/C13H10O2.ClH/c14-13(15)8-6-10-5-7-11-3-1-2-4-12(11)9-10;/h1-9H,(H,14,15);1H. The van der Waals surface area contributed by atoms with E-state index in [9.17, 15) is 4.79 Å². The molecule has 16 heavy (non-hydrogen) atoms. The van der Waals surface area contributed by atoms with Crippen molar-refractivity contribution in [1.82, 2.24) is 0 Å². The third kappa shape index (κ3) is 2.84. The first-order valence-electron chi connectivity index (χ1n) is 4.65. The van der Waals surface area contributed by atoms with Crippen molar-refractivity contribution in [1.29, 1.82) is 0 Å². The Morgan fingerprint density at radius 3 is 2.44 bits per heavy atom. The number of fused-ring (bicyclic) bond motifs is 1. The van der Waals surface area contributed by atoms with Crippen molar-refractivity contribution >= 4 is 35.2 Å². The minimum absolute atomic E-state index is 0. The summed E-state index contributed by atoms with van der Waals surface area (Å²) in [6.45, 7) is 0. The molecule has 2 aromatic carbocycles. The first-order valence-corrected chi connectivity index (χ1v) is 4.65. The van der Waals surface area contributed by atoms with Gasteiger partial charge in [0.05, 0.1) is 0 Å². The van der Waals surface area contributed by atoms with Crippen molar-refractivity contribution in [2.45, 2.75) is 0 Å². The van der Waals surface area contributed by atoms with Crippen LogP contribution in [-0.4, -0.2) is 11.1 Å². The first kappa shape index (κ1) is 12.3. The van der Waals surface area contributed by atoms with Crippen LogP contribution in [0.1, 0.15) is 5.56 Å². The Labute approximate surface area is 99.6 Å². The molecule has 0 fully saturated rings. The van der Waals surface area contributed by atoms with E-state index >= 15 is 0 Å². The van der Waals surface area contributed by atoms with E-state index in [1.54, 1.807) is 6.08 Å². The summed E-state index contributed by atoms with van der Waals surface area (Å²) >= 11 is 0. The van der Waals surface area contributed by atoms with Crippen LogP contribution in [0.5, 0.6) is 0 Å². The molecule has 0 aliphatic carbocycles. The van der Waals surface area contributed by atoms with Crippen molar-refractivity contribution in [3.05, 3.63) is 54.1 Å². The number of carbonyl (C=O) groups is 1. The molecule has 2 rings (SSSR count). The number of halogens is 1. The Morgan fingerprint density at radius 2 is 1.75 bits per heavy atom. The molecular formula is C13H11ClO2. The lowest BCUT2D eigenvalue weighted by molar-refractivity contribution is -0.131. The molecule has 1 N–H and O–H groups in total. The van der Waals surface area contributed by atoms with Crippen molar-refractivity contribution in [3.8, 4) is 0 Å². The van der Waals surface area contributed by atoms with E-state index in [1.165, 1.54) is 0 Å². The van der Waals surface area contributed by atoms with Gasteiger partial charge in [0.25, 0.3) is 0 Å². The zero-order chi connectivity index (χ0) is 10.7. The van der Waals surface area contributed by atoms with Gasteiger partial charge in [0.1, 0.15) is 0 Å². The number of benzene rings is 2. The number of carboxylic acids is 1. The highest BCUT2D eigenvalue weighted by molar-refractivity contribution is 5.88. The largest absolute Gasteiger partial charge is 0.478 e. The number of aliphatic carboxylic acids is 1. The van der Waals surface area contributed by atoms with Gasteiger partial charge in [-0.3, -0.25) is 0 Å². The molecular weight excluding hydrogens is 224 g/mol. The molecule has 0 saturated carbocycles.